The van der Waals surface area contributed by atoms with Gasteiger partial charge in [0.05, 0.1) is 6.04 Å². The van der Waals surface area contributed by atoms with Crippen LogP contribution >= 0.6 is 0 Å². The third-order valence-corrected chi connectivity index (χ3v) is 5.89. The lowest BCUT2D eigenvalue weighted by Crippen LogP contribution is -2.51. The summed E-state index contributed by atoms with van der Waals surface area (Å²) in [5.74, 6) is 0.585. The van der Waals surface area contributed by atoms with E-state index in [-0.39, 0.29) is 24.3 Å². The lowest BCUT2D eigenvalue weighted by molar-refractivity contribution is -0.135. The second-order valence-corrected chi connectivity index (χ2v) is 8.01. The van der Waals surface area contributed by atoms with Crippen molar-refractivity contribution in [3.63, 3.8) is 0 Å². The number of rotatable bonds is 7. The van der Waals surface area contributed by atoms with Crippen molar-refractivity contribution in [1.29, 1.82) is 0 Å². The van der Waals surface area contributed by atoms with Crippen LogP contribution in [0.2, 0.25) is 0 Å². The van der Waals surface area contributed by atoms with E-state index < -0.39 is 0 Å². The Morgan fingerprint density at radius 1 is 0.781 bits per heavy atom. The molecule has 0 spiro atoms. The fourth-order valence-electron chi connectivity index (χ4n) is 4.14. The minimum Gasteiger partial charge on any atom is -0.484 e. The fraction of sp³-hybridized carbons (Fsp3) is 0.259. The van der Waals surface area contributed by atoms with Gasteiger partial charge >= 0.3 is 0 Å². The summed E-state index contributed by atoms with van der Waals surface area (Å²) in [7, 11) is 0. The smallest absolute Gasteiger partial charge is 0.260 e. The molecule has 32 heavy (non-hydrogen) atoms. The summed E-state index contributed by atoms with van der Waals surface area (Å²) >= 11 is 0. The zero-order chi connectivity index (χ0) is 22.3. The molecule has 1 amide bonds. The lowest BCUT2D eigenvalue weighted by Gasteiger charge is -2.39. The number of amides is 1. The van der Waals surface area contributed by atoms with E-state index in [1.54, 1.807) is 24.3 Å². The van der Waals surface area contributed by atoms with Gasteiger partial charge in [0.15, 0.2) is 12.4 Å². The summed E-state index contributed by atoms with van der Waals surface area (Å²) in [5, 5.41) is 0. The molecule has 1 fully saturated rings. The summed E-state index contributed by atoms with van der Waals surface area (Å²) in [5.41, 5.74) is 3.15. The maximum atomic E-state index is 12.7. The van der Waals surface area contributed by atoms with Crippen LogP contribution in [0.25, 0.3) is 0 Å². The van der Waals surface area contributed by atoms with Crippen LogP contribution < -0.4 is 4.74 Å². The highest BCUT2D eigenvalue weighted by Crippen LogP contribution is 2.29. The Hall–Kier alpha value is -3.44. The van der Waals surface area contributed by atoms with Crippen molar-refractivity contribution in [2.45, 2.75) is 13.0 Å². The summed E-state index contributed by atoms with van der Waals surface area (Å²) in [6.07, 6.45) is 0. The lowest BCUT2D eigenvalue weighted by atomic mass is 9.96. The second kappa shape index (κ2) is 10.2. The molecule has 1 saturated heterocycles. The fourth-order valence-corrected chi connectivity index (χ4v) is 4.14. The van der Waals surface area contributed by atoms with E-state index in [9.17, 15) is 9.59 Å². The highest BCUT2D eigenvalue weighted by Gasteiger charge is 2.28. The summed E-state index contributed by atoms with van der Waals surface area (Å²) in [4.78, 5) is 28.4. The molecule has 0 unspecified atom stereocenters. The molecule has 4 rings (SSSR count). The Bertz CT molecular complexity index is 988. The largest absolute Gasteiger partial charge is 0.484 e. The minimum absolute atomic E-state index is 0.000215. The zero-order valence-corrected chi connectivity index (χ0v) is 18.3. The molecule has 0 aliphatic carbocycles. The Morgan fingerprint density at radius 3 is 1.81 bits per heavy atom. The van der Waals surface area contributed by atoms with Gasteiger partial charge in [-0.1, -0.05) is 60.7 Å². The van der Waals surface area contributed by atoms with Gasteiger partial charge in [-0.25, -0.2) is 0 Å². The van der Waals surface area contributed by atoms with Crippen LogP contribution in [0.1, 0.15) is 34.5 Å². The number of ether oxygens (including phenoxy) is 1. The van der Waals surface area contributed by atoms with Crippen LogP contribution in [0.3, 0.4) is 0 Å². The van der Waals surface area contributed by atoms with Crippen molar-refractivity contribution in [1.82, 2.24) is 9.80 Å². The average Bonchev–Trinajstić information content (AvgIpc) is 2.85. The molecule has 0 saturated carbocycles. The van der Waals surface area contributed by atoms with Gasteiger partial charge in [0, 0.05) is 31.7 Å². The third-order valence-electron chi connectivity index (χ3n) is 5.89. The standard InChI is InChI=1S/C27H28N2O3/c1-21(30)22-12-14-25(15-13-22)32-20-26(31)28-16-18-29(19-17-28)27(23-8-4-2-5-9-23)24-10-6-3-7-11-24/h2-15,27H,16-20H2,1H3. The molecule has 3 aromatic rings. The summed E-state index contributed by atoms with van der Waals surface area (Å²) in [6.45, 7) is 4.46. The van der Waals surface area contributed by atoms with Crippen molar-refractivity contribution in [3.8, 4) is 5.75 Å². The number of Topliss-reactive ketones (excluding diaryl/α,β-unsaturated/α-hetero) is 1. The van der Waals surface area contributed by atoms with Crippen LogP contribution in [0.15, 0.2) is 84.9 Å². The first-order valence-electron chi connectivity index (χ1n) is 11.0. The molecule has 0 N–H and O–H groups in total. The molecular weight excluding hydrogens is 400 g/mol. The Kier molecular flexibility index (Phi) is 6.97. The molecule has 1 aliphatic heterocycles. The number of piperazine rings is 1. The predicted octanol–water partition coefficient (Wildman–Crippen LogP) is 4.20. The molecule has 5 heteroatoms. The topological polar surface area (TPSA) is 49.9 Å². The van der Waals surface area contributed by atoms with Crippen molar-refractivity contribution >= 4 is 11.7 Å². The second-order valence-electron chi connectivity index (χ2n) is 8.01. The normalized spacial score (nSPS) is 14.4. The van der Waals surface area contributed by atoms with Crippen LogP contribution in [-0.4, -0.2) is 54.3 Å². The van der Waals surface area contributed by atoms with Gasteiger partial charge in [-0.3, -0.25) is 14.5 Å². The first-order valence-corrected chi connectivity index (χ1v) is 11.0. The molecule has 0 radical (unpaired) electrons. The van der Waals surface area contributed by atoms with E-state index in [1.807, 2.05) is 17.0 Å². The van der Waals surface area contributed by atoms with Gasteiger partial charge in [0.25, 0.3) is 5.91 Å². The number of hydrogen-bond donors (Lipinski definition) is 0. The van der Waals surface area contributed by atoms with Crippen LogP contribution in [-0.2, 0) is 4.79 Å². The number of carbonyl (C=O) groups is 2. The first-order chi connectivity index (χ1) is 15.6. The Labute approximate surface area is 189 Å². The van der Waals surface area contributed by atoms with Crippen molar-refractivity contribution in [2.75, 3.05) is 32.8 Å². The third kappa shape index (κ3) is 5.24. The van der Waals surface area contributed by atoms with Crippen LogP contribution in [0.5, 0.6) is 5.75 Å². The maximum Gasteiger partial charge on any atom is 0.260 e. The molecule has 0 bridgehead atoms. The van der Waals surface area contributed by atoms with Crippen LogP contribution in [0.4, 0.5) is 0 Å². The minimum atomic E-state index is -0.0173. The highest BCUT2D eigenvalue weighted by atomic mass is 16.5. The van der Waals surface area contributed by atoms with Gasteiger partial charge in [0.2, 0.25) is 0 Å². The molecule has 0 aromatic heterocycles. The van der Waals surface area contributed by atoms with Gasteiger partial charge in [-0.2, -0.15) is 0 Å². The predicted molar refractivity (Wildman–Crippen MR) is 125 cm³/mol. The highest BCUT2D eigenvalue weighted by molar-refractivity contribution is 5.94. The number of nitrogens with zero attached hydrogens (tertiary/aromatic N) is 2. The van der Waals surface area contributed by atoms with E-state index in [0.29, 0.717) is 24.4 Å². The number of carbonyl (C=O) groups excluding carboxylic acids is 2. The van der Waals surface area contributed by atoms with Crippen molar-refractivity contribution in [2.24, 2.45) is 0 Å². The van der Waals surface area contributed by atoms with Gasteiger partial charge in [-0.05, 0) is 42.3 Å². The first kappa shape index (κ1) is 21.8. The summed E-state index contributed by atoms with van der Waals surface area (Å²) < 4.78 is 5.65. The quantitative estimate of drug-likeness (QED) is 0.529. The van der Waals surface area contributed by atoms with Gasteiger partial charge < -0.3 is 9.64 Å². The average molecular weight is 429 g/mol. The maximum absolute atomic E-state index is 12.7. The van der Waals surface area contributed by atoms with Gasteiger partial charge in [-0.15, -0.1) is 0 Å². The van der Waals surface area contributed by atoms with Crippen molar-refractivity contribution in [3.05, 3.63) is 102 Å². The number of benzene rings is 3. The number of hydrogen-bond acceptors (Lipinski definition) is 4. The molecule has 1 aliphatic rings. The Balaban J connectivity index is 1.36. The Morgan fingerprint density at radius 2 is 1.31 bits per heavy atom. The van der Waals surface area contributed by atoms with E-state index in [4.69, 9.17) is 4.74 Å². The monoisotopic (exact) mass is 428 g/mol. The molecular formula is C27H28N2O3. The summed E-state index contributed by atoms with van der Waals surface area (Å²) in [6, 6.07) is 28.1. The molecule has 5 nitrogen and oxygen atoms in total. The molecule has 0 atom stereocenters. The number of ketones is 1. The van der Waals surface area contributed by atoms with E-state index in [2.05, 4.69) is 53.4 Å². The molecule has 3 aromatic carbocycles. The van der Waals surface area contributed by atoms with E-state index in [1.165, 1.54) is 18.1 Å². The van der Waals surface area contributed by atoms with Crippen molar-refractivity contribution < 1.29 is 14.3 Å². The van der Waals surface area contributed by atoms with E-state index >= 15 is 0 Å². The zero-order valence-electron chi connectivity index (χ0n) is 18.3. The van der Waals surface area contributed by atoms with Crippen LogP contribution in [0, 0.1) is 0 Å². The van der Waals surface area contributed by atoms with Gasteiger partial charge in [0.1, 0.15) is 5.75 Å². The molecule has 1 heterocycles. The molecule has 164 valence electrons. The van der Waals surface area contributed by atoms with E-state index in [0.717, 1.165) is 13.1 Å². The SMILES string of the molecule is CC(=O)c1ccc(OCC(=O)N2CCN(C(c3ccccc3)c3ccccc3)CC2)cc1.